The van der Waals surface area contributed by atoms with Crippen LogP contribution in [0.25, 0.3) is 10.9 Å². The van der Waals surface area contributed by atoms with Crippen LogP contribution in [0.2, 0.25) is 0 Å². The third-order valence-electron chi connectivity index (χ3n) is 2.78. The molecule has 0 aliphatic rings. The molecule has 0 radical (unpaired) electrons. The minimum atomic E-state index is -0.726. The molecule has 1 aromatic carbocycles. The second-order valence-corrected chi connectivity index (χ2v) is 4.22. The van der Waals surface area contributed by atoms with E-state index in [2.05, 4.69) is 15.6 Å². The van der Waals surface area contributed by atoms with Gasteiger partial charge in [-0.25, -0.2) is 10.2 Å². The number of ether oxygens (including phenoxy) is 1. The zero-order valence-corrected chi connectivity index (χ0v) is 11.5. The number of benzene rings is 1. The Labute approximate surface area is 120 Å². The molecule has 2 aromatic rings. The number of aromatic nitrogens is 1. The number of amides is 2. The van der Waals surface area contributed by atoms with Gasteiger partial charge in [-0.3, -0.25) is 15.0 Å². The molecule has 7 nitrogen and oxygen atoms in total. The normalized spacial score (nSPS) is 10.1. The molecule has 1 aromatic heterocycles. The highest BCUT2D eigenvalue weighted by Gasteiger charge is 2.08. The number of hydrogen-bond donors (Lipinski definition) is 2. The van der Waals surface area contributed by atoms with Crippen molar-refractivity contribution in [2.75, 3.05) is 6.61 Å². The number of hydrazine groups is 1. The van der Waals surface area contributed by atoms with Crippen molar-refractivity contribution in [3.8, 4) is 0 Å². The second kappa shape index (κ2) is 6.56. The Morgan fingerprint density at radius 1 is 1.19 bits per heavy atom. The van der Waals surface area contributed by atoms with E-state index in [9.17, 15) is 14.4 Å². The molecule has 7 heteroatoms. The van der Waals surface area contributed by atoms with E-state index in [1.807, 2.05) is 0 Å². The highest BCUT2D eigenvalue weighted by atomic mass is 16.5. The van der Waals surface area contributed by atoms with Crippen molar-refractivity contribution in [2.45, 2.75) is 13.5 Å². The van der Waals surface area contributed by atoms with Crippen LogP contribution >= 0.6 is 0 Å². The molecule has 0 fully saturated rings. The molecular weight excluding hydrogens is 274 g/mol. The number of rotatable bonds is 3. The van der Waals surface area contributed by atoms with Gasteiger partial charge in [-0.15, -0.1) is 0 Å². The first-order valence-electron chi connectivity index (χ1n) is 6.41. The van der Waals surface area contributed by atoms with Gasteiger partial charge in [0, 0.05) is 17.6 Å². The first kappa shape index (κ1) is 14.6. The van der Waals surface area contributed by atoms with E-state index >= 15 is 0 Å². The average Bonchev–Trinajstić information content (AvgIpc) is 2.49. The van der Waals surface area contributed by atoms with Crippen molar-refractivity contribution >= 4 is 22.9 Å². The van der Waals surface area contributed by atoms with Gasteiger partial charge in [0.1, 0.15) is 6.54 Å². The summed E-state index contributed by atoms with van der Waals surface area (Å²) in [5, 5.41) is 0.533. The van der Waals surface area contributed by atoms with Gasteiger partial charge in [0.05, 0.1) is 12.1 Å². The Balaban J connectivity index is 2.10. The molecule has 1 heterocycles. The van der Waals surface area contributed by atoms with Crippen LogP contribution in [-0.4, -0.2) is 23.2 Å². The Hall–Kier alpha value is -2.83. The monoisotopic (exact) mass is 289 g/mol. The van der Waals surface area contributed by atoms with Crippen LogP contribution in [0.15, 0.2) is 41.3 Å². The molecule has 0 saturated carbocycles. The summed E-state index contributed by atoms with van der Waals surface area (Å²) in [4.78, 5) is 34.5. The van der Waals surface area contributed by atoms with Crippen LogP contribution in [0.5, 0.6) is 0 Å². The molecule has 2 rings (SSSR count). The van der Waals surface area contributed by atoms with Crippen molar-refractivity contribution in [3.63, 3.8) is 0 Å². The number of carbonyl (C=O) groups excluding carboxylic acids is 2. The van der Waals surface area contributed by atoms with Gasteiger partial charge in [0.25, 0.3) is 5.91 Å². The number of para-hydroxylation sites is 1. The van der Waals surface area contributed by atoms with Gasteiger partial charge in [0.2, 0.25) is 0 Å². The molecule has 0 atom stereocenters. The molecule has 0 unspecified atom stereocenters. The summed E-state index contributed by atoms with van der Waals surface area (Å²) in [5.41, 5.74) is 4.90. The fourth-order valence-electron chi connectivity index (χ4n) is 1.88. The van der Waals surface area contributed by atoms with Crippen molar-refractivity contribution in [1.82, 2.24) is 15.4 Å². The standard InChI is InChI=1S/C14H15N3O4/c1-2-21-14(20)16-15-13(19)9-17-8-7-12(18)10-5-3-4-6-11(10)17/h3-8H,2,9H2,1H3,(H,15,19)(H,16,20). The Kier molecular flexibility index (Phi) is 4.55. The van der Waals surface area contributed by atoms with Gasteiger partial charge in [-0.1, -0.05) is 12.1 Å². The Bertz CT molecular complexity index is 723. The van der Waals surface area contributed by atoms with Crippen LogP contribution in [-0.2, 0) is 16.1 Å². The average molecular weight is 289 g/mol. The molecule has 0 aliphatic carbocycles. The Morgan fingerprint density at radius 2 is 1.95 bits per heavy atom. The summed E-state index contributed by atoms with van der Waals surface area (Å²) >= 11 is 0. The summed E-state index contributed by atoms with van der Waals surface area (Å²) in [5.74, 6) is -0.433. The van der Waals surface area contributed by atoms with Crippen molar-refractivity contribution in [3.05, 3.63) is 46.8 Å². The predicted octanol–water partition coefficient (Wildman–Crippen LogP) is 0.779. The summed E-state index contributed by atoms with van der Waals surface area (Å²) in [6.07, 6.45) is 0.810. The largest absolute Gasteiger partial charge is 0.449 e. The van der Waals surface area contributed by atoms with E-state index in [0.717, 1.165) is 0 Å². The zero-order chi connectivity index (χ0) is 15.2. The van der Waals surface area contributed by atoms with Crippen LogP contribution in [0, 0.1) is 0 Å². The Morgan fingerprint density at radius 3 is 2.71 bits per heavy atom. The topological polar surface area (TPSA) is 89.4 Å². The first-order chi connectivity index (χ1) is 10.1. The maximum atomic E-state index is 11.8. The van der Waals surface area contributed by atoms with Crippen LogP contribution in [0.3, 0.4) is 0 Å². The molecule has 2 amide bonds. The molecule has 0 saturated heterocycles. The lowest BCUT2D eigenvalue weighted by Crippen LogP contribution is -2.43. The number of nitrogens with zero attached hydrogens (tertiary/aromatic N) is 1. The molecule has 21 heavy (non-hydrogen) atoms. The lowest BCUT2D eigenvalue weighted by molar-refractivity contribution is -0.122. The van der Waals surface area contributed by atoms with E-state index in [0.29, 0.717) is 10.9 Å². The van der Waals surface area contributed by atoms with Gasteiger partial charge in [-0.05, 0) is 19.1 Å². The molecule has 2 N–H and O–H groups in total. The minimum absolute atomic E-state index is 0.0345. The summed E-state index contributed by atoms with van der Waals surface area (Å²) in [7, 11) is 0. The highest BCUT2D eigenvalue weighted by molar-refractivity contribution is 5.83. The molecule has 0 bridgehead atoms. The van der Waals surface area contributed by atoms with Crippen LogP contribution < -0.4 is 16.3 Å². The number of nitrogens with one attached hydrogen (secondary N) is 2. The van der Waals surface area contributed by atoms with E-state index < -0.39 is 12.0 Å². The predicted molar refractivity (Wildman–Crippen MR) is 76.5 cm³/mol. The van der Waals surface area contributed by atoms with Gasteiger partial charge in [0.15, 0.2) is 5.43 Å². The minimum Gasteiger partial charge on any atom is -0.449 e. The fraction of sp³-hybridized carbons (Fsp3) is 0.214. The van der Waals surface area contributed by atoms with Crippen LogP contribution in [0.1, 0.15) is 6.92 Å². The lowest BCUT2D eigenvalue weighted by atomic mass is 10.2. The van der Waals surface area contributed by atoms with E-state index in [4.69, 9.17) is 0 Å². The smallest absolute Gasteiger partial charge is 0.426 e. The molecule has 110 valence electrons. The van der Waals surface area contributed by atoms with Crippen molar-refractivity contribution < 1.29 is 14.3 Å². The third kappa shape index (κ3) is 3.59. The first-order valence-corrected chi connectivity index (χ1v) is 6.41. The lowest BCUT2D eigenvalue weighted by Gasteiger charge is -2.11. The number of fused-ring (bicyclic) bond motifs is 1. The van der Waals surface area contributed by atoms with Crippen molar-refractivity contribution in [1.29, 1.82) is 0 Å². The number of carbonyl (C=O) groups is 2. The number of hydrogen-bond acceptors (Lipinski definition) is 4. The van der Waals surface area contributed by atoms with Gasteiger partial charge in [-0.2, -0.15) is 0 Å². The van der Waals surface area contributed by atoms with Gasteiger partial charge >= 0.3 is 6.09 Å². The second-order valence-electron chi connectivity index (χ2n) is 4.22. The zero-order valence-electron chi connectivity index (χ0n) is 11.5. The summed E-state index contributed by atoms with van der Waals surface area (Å²) in [6.45, 7) is 1.84. The van der Waals surface area contributed by atoms with Crippen molar-refractivity contribution in [2.24, 2.45) is 0 Å². The van der Waals surface area contributed by atoms with E-state index in [1.165, 1.54) is 12.3 Å². The SMILES string of the molecule is CCOC(=O)NNC(=O)Cn1ccc(=O)c2ccccc21. The summed E-state index contributed by atoms with van der Waals surface area (Å²) in [6, 6.07) is 8.39. The fourth-order valence-corrected chi connectivity index (χ4v) is 1.88. The maximum Gasteiger partial charge on any atom is 0.426 e. The molecule has 0 aliphatic heterocycles. The van der Waals surface area contributed by atoms with Gasteiger partial charge < -0.3 is 9.30 Å². The third-order valence-corrected chi connectivity index (χ3v) is 2.78. The molecular formula is C14H15N3O4. The maximum absolute atomic E-state index is 11.8. The number of pyridine rings is 1. The van der Waals surface area contributed by atoms with E-state index in [1.54, 1.807) is 35.8 Å². The molecule has 0 spiro atoms. The highest BCUT2D eigenvalue weighted by Crippen LogP contribution is 2.08. The summed E-state index contributed by atoms with van der Waals surface area (Å²) < 4.78 is 6.24. The van der Waals surface area contributed by atoms with Crippen LogP contribution in [0.4, 0.5) is 4.79 Å². The quantitative estimate of drug-likeness (QED) is 0.817. The van der Waals surface area contributed by atoms with E-state index in [-0.39, 0.29) is 18.6 Å².